The second-order valence-corrected chi connectivity index (χ2v) is 5.13. The Morgan fingerprint density at radius 1 is 1.29 bits per heavy atom. The van der Waals surface area contributed by atoms with E-state index in [1.165, 1.54) is 0 Å². The van der Waals surface area contributed by atoms with E-state index in [1.807, 2.05) is 0 Å². The molecule has 0 aromatic rings. The summed E-state index contributed by atoms with van der Waals surface area (Å²) in [6, 6.07) is 0. The summed E-state index contributed by atoms with van der Waals surface area (Å²) in [5.74, 6) is 0.592. The molecular weight excluding hydrogens is 218 g/mol. The summed E-state index contributed by atoms with van der Waals surface area (Å²) in [5, 5.41) is 2.47. The van der Waals surface area contributed by atoms with Crippen LogP contribution < -0.4 is 5.32 Å². The molecule has 4 nitrogen and oxygen atoms in total. The van der Waals surface area contributed by atoms with Crippen LogP contribution in [0.2, 0.25) is 0 Å². The highest BCUT2D eigenvalue weighted by Crippen LogP contribution is 2.36. The van der Waals surface area contributed by atoms with Crippen molar-refractivity contribution in [2.45, 2.75) is 39.0 Å². The minimum atomic E-state index is -0.0983. The van der Waals surface area contributed by atoms with Crippen molar-refractivity contribution in [2.75, 3.05) is 13.2 Å². The average molecular weight is 239 g/mol. The molecule has 0 aliphatic carbocycles. The molecule has 2 unspecified atom stereocenters. The van der Waals surface area contributed by atoms with Crippen LogP contribution in [0.4, 0.5) is 0 Å². The lowest BCUT2D eigenvalue weighted by molar-refractivity contribution is -0.141. The van der Waals surface area contributed by atoms with Gasteiger partial charge in [0.15, 0.2) is 0 Å². The van der Waals surface area contributed by atoms with Gasteiger partial charge >= 0.3 is 0 Å². The minimum Gasteiger partial charge on any atom is -0.381 e. The van der Waals surface area contributed by atoms with Crippen LogP contribution in [0.25, 0.3) is 0 Å². The molecule has 0 bridgehead atoms. The molecule has 1 N–H and O–H groups in total. The first-order chi connectivity index (χ1) is 8.22. The van der Waals surface area contributed by atoms with Crippen molar-refractivity contribution in [3.05, 3.63) is 0 Å². The maximum Gasteiger partial charge on any atom is 0.229 e. The molecule has 17 heavy (non-hydrogen) atoms. The Balaban J connectivity index is 2.08. The molecule has 0 radical (unpaired) electrons. The second-order valence-electron chi connectivity index (χ2n) is 5.13. The van der Waals surface area contributed by atoms with Gasteiger partial charge in [0, 0.05) is 25.6 Å². The van der Waals surface area contributed by atoms with Gasteiger partial charge in [0.25, 0.3) is 0 Å². The van der Waals surface area contributed by atoms with Crippen molar-refractivity contribution in [3.8, 4) is 0 Å². The third kappa shape index (κ3) is 2.86. The van der Waals surface area contributed by atoms with Gasteiger partial charge in [-0.1, -0.05) is 13.3 Å². The minimum absolute atomic E-state index is 0.0285. The topological polar surface area (TPSA) is 55.4 Å². The zero-order chi connectivity index (χ0) is 12.3. The van der Waals surface area contributed by atoms with E-state index in [2.05, 4.69) is 12.2 Å². The van der Waals surface area contributed by atoms with E-state index in [4.69, 9.17) is 4.74 Å². The average Bonchev–Trinajstić information content (AvgIpc) is 2.33. The standard InChI is InChI=1S/C13H21NO3/c1-2-3-10-11(8-12(15)14-13(10)16)9-4-6-17-7-5-9/h9-11H,2-8H2,1H3,(H,14,15,16). The fraction of sp³-hybridized carbons (Fsp3) is 0.846. The normalized spacial score (nSPS) is 31.4. The third-order valence-electron chi connectivity index (χ3n) is 4.01. The van der Waals surface area contributed by atoms with Gasteiger partial charge in [0.1, 0.15) is 0 Å². The van der Waals surface area contributed by atoms with E-state index < -0.39 is 0 Å². The van der Waals surface area contributed by atoms with Gasteiger partial charge in [-0.05, 0) is 31.1 Å². The Morgan fingerprint density at radius 2 is 2.00 bits per heavy atom. The van der Waals surface area contributed by atoms with Crippen LogP contribution in [0.3, 0.4) is 0 Å². The molecule has 2 fully saturated rings. The molecule has 4 heteroatoms. The number of imide groups is 1. The molecule has 2 aliphatic heterocycles. The van der Waals surface area contributed by atoms with Crippen LogP contribution in [-0.2, 0) is 14.3 Å². The largest absolute Gasteiger partial charge is 0.381 e. The van der Waals surface area contributed by atoms with E-state index in [-0.39, 0.29) is 23.7 Å². The lowest BCUT2D eigenvalue weighted by Crippen LogP contribution is -2.48. The van der Waals surface area contributed by atoms with E-state index in [0.29, 0.717) is 12.3 Å². The van der Waals surface area contributed by atoms with Crippen molar-refractivity contribution in [3.63, 3.8) is 0 Å². The van der Waals surface area contributed by atoms with Crippen LogP contribution >= 0.6 is 0 Å². The quantitative estimate of drug-likeness (QED) is 0.759. The molecular formula is C13H21NO3. The van der Waals surface area contributed by atoms with Crippen LogP contribution in [0.1, 0.15) is 39.0 Å². The highest BCUT2D eigenvalue weighted by atomic mass is 16.5. The number of carbonyl (C=O) groups excluding carboxylic acids is 2. The Morgan fingerprint density at radius 3 is 2.65 bits per heavy atom. The molecule has 0 aromatic heterocycles. The summed E-state index contributed by atoms with van der Waals surface area (Å²) < 4.78 is 5.35. The maximum atomic E-state index is 11.9. The first-order valence-corrected chi connectivity index (χ1v) is 6.63. The summed E-state index contributed by atoms with van der Waals surface area (Å²) in [6.07, 6.45) is 4.38. The Hall–Kier alpha value is -0.900. The van der Waals surface area contributed by atoms with Gasteiger partial charge in [-0.3, -0.25) is 14.9 Å². The van der Waals surface area contributed by atoms with Gasteiger partial charge in [0.2, 0.25) is 11.8 Å². The molecule has 2 aliphatic rings. The lowest BCUT2D eigenvalue weighted by atomic mass is 9.72. The first kappa shape index (κ1) is 12.6. The van der Waals surface area contributed by atoms with E-state index in [1.54, 1.807) is 0 Å². The Kier molecular flexibility index (Phi) is 4.15. The van der Waals surface area contributed by atoms with E-state index in [0.717, 1.165) is 38.9 Å². The van der Waals surface area contributed by atoms with Crippen LogP contribution in [0, 0.1) is 17.8 Å². The highest BCUT2D eigenvalue weighted by Gasteiger charge is 2.39. The molecule has 96 valence electrons. The van der Waals surface area contributed by atoms with Gasteiger partial charge < -0.3 is 4.74 Å². The molecule has 0 saturated carbocycles. The summed E-state index contributed by atoms with van der Waals surface area (Å²) >= 11 is 0. The smallest absolute Gasteiger partial charge is 0.229 e. The Bertz CT molecular complexity index is 297. The maximum absolute atomic E-state index is 11.9. The fourth-order valence-corrected chi connectivity index (χ4v) is 3.13. The van der Waals surface area contributed by atoms with Crippen molar-refractivity contribution in [2.24, 2.45) is 17.8 Å². The number of rotatable bonds is 3. The SMILES string of the molecule is CCCC1C(=O)NC(=O)CC1C1CCOCC1. The van der Waals surface area contributed by atoms with Gasteiger partial charge in [0.05, 0.1) is 0 Å². The van der Waals surface area contributed by atoms with Gasteiger partial charge in [-0.15, -0.1) is 0 Å². The second kappa shape index (κ2) is 5.63. The zero-order valence-electron chi connectivity index (χ0n) is 10.4. The van der Waals surface area contributed by atoms with Crippen molar-refractivity contribution >= 4 is 11.8 Å². The van der Waals surface area contributed by atoms with Crippen molar-refractivity contribution in [1.82, 2.24) is 5.32 Å². The lowest BCUT2D eigenvalue weighted by Gasteiger charge is -2.37. The van der Waals surface area contributed by atoms with Crippen LogP contribution in [0.5, 0.6) is 0 Å². The predicted molar refractivity (Wildman–Crippen MR) is 63.2 cm³/mol. The summed E-state index contributed by atoms with van der Waals surface area (Å²) in [5.41, 5.74) is 0. The number of amides is 2. The van der Waals surface area contributed by atoms with Crippen molar-refractivity contribution in [1.29, 1.82) is 0 Å². The van der Waals surface area contributed by atoms with E-state index >= 15 is 0 Å². The molecule has 2 atom stereocenters. The molecule has 0 aromatic carbocycles. The molecule has 2 saturated heterocycles. The summed E-state index contributed by atoms with van der Waals surface area (Å²) in [4.78, 5) is 23.4. The number of hydrogen-bond donors (Lipinski definition) is 1. The number of piperidine rings is 1. The number of carbonyl (C=O) groups is 2. The van der Waals surface area contributed by atoms with Crippen LogP contribution in [0.15, 0.2) is 0 Å². The predicted octanol–water partition coefficient (Wildman–Crippen LogP) is 1.49. The molecule has 2 rings (SSSR count). The van der Waals surface area contributed by atoms with Gasteiger partial charge in [-0.2, -0.15) is 0 Å². The number of hydrogen-bond acceptors (Lipinski definition) is 3. The molecule has 2 heterocycles. The number of nitrogens with one attached hydrogen (secondary N) is 1. The summed E-state index contributed by atoms with van der Waals surface area (Å²) in [7, 11) is 0. The van der Waals surface area contributed by atoms with Crippen molar-refractivity contribution < 1.29 is 14.3 Å². The number of ether oxygens (including phenoxy) is 1. The fourth-order valence-electron chi connectivity index (χ4n) is 3.13. The monoisotopic (exact) mass is 239 g/mol. The van der Waals surface area contributed by atoms with E-state index in [9.17, 15) is 9.59 Å². The molecule has 2 amide bonds. The van der Waals surface area contributed by atoms with Gasteiger partial charge in [-0.25, -0.2) is 0 Å². The third-order valence-corrected chi connectivity index (χ3v) is 4.01. The zero-order valence-corrected chi connectivity index (χ0v) is 10.4. The first-order valence-electron chi connectivity index (χ1n) is 6.63. The summed E-state index contributed by atoms with van der Waals surface area (Å²) in [6.45, 7) is 3.64. The van der Waals surface area contributed by atoms with Crippen LogP contribution in [-0.4, -0.2) is 25.0 Å². The Labute approximate surface area is 102 Å². The molecule has 0 spiro atoms. The highest BCUT2D eigenvalue weighted by molar-refractivity contribution is 5.99.